The van der Waals surface area contributed by atoms with Gasteiger partial charge in [0.1, 0.15) is 13.2 Å². The van der Waals surface area contributed by atoms with Crippen LogP contribution in [0, 0.1) is 0 Å². The molecular weight excluding hydrogens is 1010 g/mol. The van der Waals surface area contributed by atoms with Gasteiger partial charge in [0.25, 0.3) is 6.29 Å². The molecule has 0 aromatic heterocycles. The van der Waals surface area contributed by atoms with Crippen molar-refractivity contribution < 1.29 is 42.9 Å². The number of carboxylic acid groups (broad SMARTS) is 1. The fourth-order valence-electron chi connectivity index (χ4n) is 8.00. The molecule has 0 rings (SSSR count). The van der Waals surface area contributed by atoms with E-state index in [0.717, 1.165) is 154 Å². The van der Waals surface area contributed by atoms with Gasteiger partial charge >= 0.3 is 17.9 Å². The van der Waals surface area contributed by atoms with Crippen LogP contribution in [-0.4, -0.2) is 87.4 Å². The first-order chi connectivity index (χ1) is 39.6. The lowest BCUT2D eigenvalue weighted by Crippen LogP contribution is -2.40. The maximum absolute atomic E-state index is 12.9. The van der Waals surface area contributed by atoms with Gasteiger partial charge in [-0.2, -0.15) is 0 Å². The van der Waals surface area contributed by atoms with Gasteiger partial charge in [0.2, 0.25) is 0 Å². The van der Waals surface area contributed by atoms with Crippen LogP contribution in [0.3, 0.4) is 0 Å². The maximum atomic E-state index is 12.9. The quantitative estimate of drug-likeness (QED) is 0.0211. The van der Waals surface area contributed by atoms with Crippen LogP contribution in [-0.2, 0) is 33.3 Å². The Bertz CT molecular complexity index is 1880. The third kappa shape index (κ3) is 62.4. The number of allylic oxidation sites excluding steroid dienone is 26. The van der Waals surface area contributed by atoms with Gasteiger partial charge in [0, 0.05) is 12.8 Å². The molecule has 2 unspecified atom stereocenters. The molecule has 2 atom stereocenters. The smallest absolute Gasteiger partial charge is 0.361 e. The number of hydrogen-bond donors (Lipinski definition) is 1. The van der Waals surface area contributed by atoms with Crippen LogP contribution in [0.15, 0.2) is 158 Å². The molecule has 0 aromatic rings. The largest absolute Gasteiger partial charge is 0.477 e. The number of nitrogens with zero attached hydrogens (tertiary/aromatic N) is 1. The Balaban J connectivity index is 4.30. The average Bonchev–Trinajstić information content (AvgIpc) is 3.44. The molecular formula is C72H116NO8+. The van der Waals surface area contributed by atoms with Gasteiger partial charge in [0.05, 0.1) is 34.4 Å². The zero-order chi connectivity index (χ0) is 59.1. The molecule has 0 aliphatic heterocycles. The molecule has 0 aliphatic rings. The van der Waals surface area contributed by atoms with E-state index in [2.05, 4.69) is 172 Å². The molecule has 0 saturated carbocycles. The van der Waals surface area contributed by atoms with Crippen molar-refractivity contribution in [1.82, 2.24) is 0 Å². The highest BCUT2D eigenvalue weighted by atomic mass is 16.7. The second-order valence-corrected chi connectivity index (χ2v) is 21.6. The van der Waals surface area contributed by atoms with Crippen molar-refractivity contribution in [2.45, 2.75) is 232 Å². The zero-order valence-electron chi connectivity index (χ0n) is 51.9. The minimum Gasteiger partial charge on any atom is -0.477 e. The molecule has 456 valence electrons. The molecule has 1 N–H and O–H groups in total. The standard InChI is InChI=1S/C72H115NO8/c1-6-8-10-12-14-16-18-20-22-24-26-28-30-32-33-34-35-36-37-39-41-43-45-47-49-51-53-55-57-59-61-63-70(75)81-68(67-80-72(71(76)77)78-65-64-73(3,4)5)66-79-69(74)62-60-58-56-54-52-50-48-46-44-42-40-38-31-29-27-25-23-21-19-17-15-13-11-9-7-2/h8-11,14-17,20-23,26-29,32-33,35-36,38-41,45,47,68,72H,6-7,12-13,18-19,24-25,30-31,34,37,42-44,46,48-67H2,1-5H3/p+1/b10-8-,11-9-,16-14-,17-15-,22-20-,23-21-,28-26-,29-27-,33-32-,36-35-,40-38-,41-39-,47-45-. The molecule has 0 bridgehead atoms. The van der Waals surface area contributed by atoms with E-state index in [9.17, 15) is 19.5 Å². The summed E-state index contributed by atoms with van der Waals surface area (Å²) in [5.41, 5.74) is 0. The van der Waals surface area contributed by atoms with Gasteiger partial charge < -0.3 is 28.5 Å². The summed E-state index contributed by atoms with van der Waals surface area (Å²) < 4.78 is 22.9. The molecule has 9 heteroatoms. The molecule has 0 fully saturated rings. The highest BCUT2D eigenvalue weighted by molar-refractivity contribution is 5.71. The highest BCUT2D eigenvalue weighted by Gasteiger charge is 2.25. The molecule has 0 aliphatic carbocycles. The fourth-order valence-corrected chi connectivity index (χ4v) is 8.00. The lowest BCUT2D eigenvalue weighted by atomic mass is 10.1. The van der Waals surface area contributed by atoms with E-state index in [4.69, 9.17) is 18.9 Å². The van der Waals surface area contributed by atoms with Crippen molar-refractivity contribution in [3.63, 3.8) is 0 Å². The third-order valence-corrected chi connectivity index (χ3v) is 12.8. The van der Waals surface area contributed by atoms with E-state index in [1.165, 1.54) is 32.1 Å². The summed E-state index contributed by atoms with van der Waals surface area (Å²) in [6.45, 7) is 4.60. The van der Waals surface area contributed by atoms with Crippen LogP contribution in [0.2, 0.25) is 0 Å². The van der Waals surface area contributed by atoms with E-state index in [1.54, 1.807) is 0 Å². The first-order valence-electron chi connectivity index (χ1n) is 31.6. The summed E-state index contributed by atoms with van der Waals surface area (Å²) in [6.07, 6.45) is 87.5. The monoisotopic (exact) mass is 1120 g/mol. The first-order valence-corrected chi connectivity index (χ1v) is 31.6. The number of quaternary nitrogens is 1. The van der Waals surface area contributed by atoms with E-state index in [0.29, 0.717) is 17.4 Å². The Hall–Kier alpha value is -5.09. The summed E-state index contributed by atoms with van der Waals surface area (Å²) in [5.74, 6) is -2.05. The summed E-state index contributed by atoms with van der Waals surface area (Å²) in [7, 11) is 5.95. The molecule has 9 nitrogen and oxygen atoms in total. The van der Waals surface area contributed by atoms with E-state index >= 15 is 0 Å². The van der Waals surface area contributed by atoms with Gasteiger partial charge in [-0.05, 0) is 122 Å². The minimum absolute atomic E-state index is 0.174. The molecule has 0 amide bonds. The van der Waals surface area contributed by atoms with Crippen molar-refractivity contribution in [3.8, 4) is 0 Å². The molecule has 81 heavy (non-hydrogen) atoms. The van der Waals surface area contributed by atoms with Crippen LogP contribution in [0.5, 0.6) is 0 Å². The van der Waals surface area contributed by atoms with Gasteiger partial charge in [-0.3, -0.25) is 9.59 Å². The number of likely N-dealkylation sites (N-methyl/N-ethyl adjacent to an activating group) is 1. The van der Waals surface area contributed by atoms with E-state index < -0.39 is 24.3 Å². The molecule has 0 spiro atoms. The van der Waals surface area contributed by atoms with E-state index in [-0.39, 0.29) is 38.6 Å². The van der Waals surface area contributed by atoms with Gasteiger partial charge in [-0.15, -0.1) is 0 Å². The number of hydrogen-bond acceptors (Lipinski definition) is 7. The Morgan fingerprint density at radius 1 is 0.370 bits per heavy atom. The van der Waals surface area contributed by atoms with Crippen molar-refractivity contribution in [2.75, 3.05) is 47.5 Å². The second kappa shape index (κ2) is 61.0. The average molecular weight is 1120 g/mol. The summed E-state index contributed by atoms with van der Waals surface area (Å²) in [4.78, 5) is 37.5. The van der Waals surface area contributed by atoms with Crippen molar-refractivity contribution >= 4 is 17.9 Å². The van der Waals surface area contributed by atoms with Crippen molar-refractivity contribution in [2.24, 2.45) is 0 Å². The van der Waals surface area contributed by atoms with Crippen LogP contribution in [0.4, 0.5) is 0 Å². The van der Waals surface area contributed by atoms with E-state index in [1.807, 2.05) is 21.1 Å². The number of esters is 2. The number of carbonyl (C=O) groups excluding carboxylic acids is 2. The molecule has 0 aromatic carbocycles. The Morgan fingerprint density at radius 3 is 0.988 bits per heavy atom. The Labute approximate surface area is 495 Å². The van der Waals surface area contributed by atoms with Crippen LogP contribution >= 0.6 is 0 Å². The number of aliphatic carboxylic acids is 1. The first kappa shape index (κ1) is 75.9. The Kier molecular flexibility index (Phi) is 57.2. The zero-order valence-corrected chi connectivity index (χ0v) is 51.9. The maximum Gasteiger partial charge on any atom is 0.361 e. The fraction of sp³-hybridized carbons (Fsp3) is 0.597. The third-order valence-electron chi connectivity index (χ3n) is 12.8. The van der Waals surface area contributed by atoms with Crippen LogP contribution < -0.4 is 0 Å². The number of carboxylic acids is 1. The Morgan fingerprint density at radius 2 is 0.667 bits per heavy atom. The topological polar surface area (TPSA) is 108 Å². The second-order valence-electron chi connectivity index (χ2n) is 21.6. The number of rotatable bonds is 56. The number of carbonyl (C=O) groups is 3. The van der Waals surface area contributed by atoms with Crippen LogP contribution in [0.1, 0.15) is 219 Å². The number of unbranched alkanes of at least 4 members (excludes halogenated alkanes) is 15. The summed E-state index contributed by atoms with van der Waals surface area (Å²) in [5, 5.41) is 9.73. The number of ether oxygens (including phenoxy) is 4. The molecule has 0 saturated heterocycles. The van der Waals surface area contributed by atoms with Crippen molar-refractivity contribution in [3.05, 3.63) is 158 Å². The molecule has 0 heterocycles. The predicted molar refractivity (Wildman–Crippen MR) is 345 cm³/mol. The summed E-state index contributed by atoms with van der Waals surface area (Å²) >= 11 is 0. The van der Waals surface area contributed by atoms with Crippen LogP contribution in [0.25, 0.3) is 0 Å². The lowest BCUT2D eigenvalue weighted by Gasteiger charge is -2.25. The normalized spacial score (nSPS) is 13.8. The van der Waals surface area contributed by atoms with Gasteiger partial charge in [0.15, 0.2) is 6.10 Å². The predicted octanol–water partition coefficient (Wildman–Crippen LogP) is 19.3. The van der Waals surface area contributed by atoms with Crippen molar-refractivity contribution in [1.29, 1.82) is 0 Å². The van der Waals surface area contributed by atoms with Gasteiger partial charge in [-0.1, -0.05) is 242 Å². The summed E-state index contributed by atoms with van der Waals surface area (Å²) in [6, 6.07) is 0. The highest BCUT2D eigenvalue weighted by Crippen LogP contribution is 2.14. The van der Waals surface area contributed by atoms with Gasteiger partial charge in [-0.25, -0.2) is 4.79 Å². The SMILES string of the molecule is CC/C=C\C/C=C\C/C=C\C/C=C\C/C=C\C/C=C\C/C=C\C/C=C\CCCCCCCCC(=O)OC(COC(=O)CCCCCCCCCCC/C=C\C/C=C\C/C=C\C/C=C\C/C=C\CC)COC(OCC[N+](C)(C)C)C(=O)O. The molecule has 0 radical (unpaired) electrons. The lowest BCUT2D eigenvalue weighted by molar-refractivity contribution is -0.870. The minimum atomic E-state index is -1.53.